The smallest absolute Gasteiger partial charge is 0.311 e. The first-order valence-electron chi connectivity index (χ1n) is 12.2. The molecule has 1 aliphatic heterocycles. The van der Waals surface area contributed by atoms with Crippen LogP contribution in [0.1, 0.15) is 34.4 Å². The topological polar surface area (TPSA) is 158 Å². The van der Waals surface area contributed by atoms with E-state index in [-0.39, 0.29) is 48.0 Å². The molecule has 12 nitrogen and oxygen atoms in total. The molecule has 13 heteroatoms. The van der Waals surface area contributed by atoms with E-state index in [9.17, 15) is 18.0 Å². The highest BCUT2D eigenvalue weighted by molar-refractivity contribution is 7.89. The molecule has 0 atom stereocenters. The van der Waals surface area contributed by atoms with Crippen molar-refractivity contribution < 1.29 is 22.7 Å². The Morgan fingerprint density at radius 3 is 2.49 bits per heavy atom. The minimum absolute atomic E-state index is 0.0944. The van der Waals surface area contributed by atoms with Gasteiger partial charge in [0, 0.05) is 43.8 Å². The number of aromatic nitrogens is 3. The first kappa shape index (κ1) is 27.6. The molecule has 1 aliphatic rings. The molecule has 0 saturated carbocycles. The first-order valence-corrected chi connectivity index (χ1v) is 13.7. The van der Waals surface area contributed by atoms with E-state index < -0.39 is 21.9 Å². The molecule has 0 radical (unpaired) electrons. The molecule has 1 saturated heterocycles. The van der Waals surface area contributed by atoms with Crippen LogP contribution in [0.15, 0.2) is 53.6 Å². The molecular weight excluding hydrogens is 522 g/mol. The third-order valence-corrected chi connectivity index (χ3v) is 7.89. The third-order valence-electron chi connectivity index (χ3n) is 5.98. The number of ether oxygens (including phenoxy) is 1. The van der Waals surface area contributed by atoms with Gasteiger partial charge in [0.1, 0.15) is 11.8 Å². The predicted molar refractivity (Wildman–Crippen MR) is 141 cm³/mol. The summed E-state index contributed by atoms with van der Waals surface area (Å²) in [7, 11) is -3.77. The maximum absolute atomic E-state index is 13.2. The van der Waals surface area contributed by atoms with Crippen molar-refractivity contribution in [2.24, 2.45) is 0 Å². The summed E-state index contributed by atoms with van der Waals surface area (Å²) in [5.74, 6) is -0.561. The van der Waals surface area contributed by atoms with Gasteiger partial charge in [-0.15, -0.1) is 0 Å². The van der Waals surface area contributed by atoms with E-state index in [1.807, 2.05) is 11.0 Å². The lowest BCUT2D eigenvalue weighted by Gasteiger charge is -2.34. The van der Waals surface area contributed by atoms with Crippen LogP contribution in [0.2, 0.25) is 0 Å². The van der Waals surface area contributed by atoms with Gasteiger partial charge in [-0.3, -0.25) is 14.6 Å². The second-order valence-corrected chi connectivity index (χ2v) is 10.6. The van der Waals surface area contributed by atoms with Gasteiger partial charge in [-0.05, 0) is 56.3 Å². The first-order chi connectivity index (χ1) is 18.7. The number of esters is 1. The van der Waals surface area contributed by atoms with Crippen molar-refractivity contribution in [1.29, 1.82) is 5.26 Å². The van der Waals surface area contributed by atoms with Gasteiger partial charge in [0.25, 0.3) is 5.91 Å². The van der Waals surface area contributed by atoms with Crippen LogP contribution in [-0.4, -0.2) is 72.3 Å². The fourth-order valence-electron chi connectivity index (χ4n) is 4.07. The van der Waals surface area contributed by atoms with Crippen molar-refractivity contribution in [3.8, 4) is 6.07 Å². The second-order valence-electron chi connectivity index (χ2n) is 8.66. The van der Waals surface area contributed by atoms with Crippen LogP contribution in [-0.2, 0) is 26.0 Å². The monoisotopic (exact) mass is 549 g/mol. The number of anilines is 2. The number of sulfonamides is 1. The minimum Gasteiger partial charge on any atom is -0.466 e. The Balaban J connectivity index is 1.40. The van der Waals surface area contributed by atoms with Crippen LogP contribution in [0, 0.1) is 18.3 Å². The number of piperazine rings is 1. The normalized spacial score (nSPS) is 13.9. The van der Waals surface area contributed by atoms with Crippen molar-refractivity contribution in [3.63, 3.8) is 0 Å². The van der Waals surface area contributed by atoms with Crippen molar-refractivity contribution in [2.75, 3.05) is 43.0 Å². The molecule has 0 aliphatic carbocycles. The van der Waals surface area contributed by atoms with E-state index in [0.29, 0.717) is 30.4 Å². The fraction of sp³-hybridized carbons (Fsp3) is 0.308. The standard InChI is InChI=1S/C26H27N7O5S/c1-3-38-24(34)16-23-22(5-4-10-28-23)25(35)30-19-6-8-21(9-7-19)39(36,37)33-13-11-32(12-14-33)26-29-18(2)15-20(17-27)31-26/h4-10,15H,3,11-14,16H2,1-2H3,(H,30,35). The van der Waals surface area contributed by atoms with Gasteiger partial charge >= 0.3 is 5.97 Å². The number of nitrogens with one attached hydrogen (secondary N) is 1. The average Bonchev–Trinajstić information content (AvgIpc) is 2.93. The van der Waals surface area contributed by atoms with E-state index in [0.717, 1.165) is 0 Å². The number of aryl methyl sites for hydroxylation is 1. The van der Waals surface area contributed by atoms with E-state index >= 15 is 0 Å². The van der Waals surface area contributed by atoms with Crippen LogP contribution >= 0.6 is 0 Å². The molecule has 0 spiro atoms. The summed E-state index contributed by atoms with van der Waals surface area (Å²) in [4.78, 5) is 39.4. The molecule has 202 valence electrons. The highest BCUT2D eigenvalue weighted by atomic mass is 32.2. The minimum atomic E-state index is -3.77. The largest absolute Gasteiger partial charge is 0.466 e. The number of pyridine rings is 1. The predicted octanol–water partition coefficient (Wildman–Crippen LogP) is 1.92. The number of hydrogen-bond acceptors (Lipinski definition) is 10. The SMILES string of the molecule is CCOC(=O)Cc1ncccc1C(=O)Nc1ccc(S(=O)(=O)N2CCN(c3nc(C)cc(C#N)n3)CC2)cc1. The number of nitrogens with zero attached hydrogens (tertiary/aromatic N) is 6. The van der Waals surface area contributed by atoms with E-state index in [4.69, 9.17) is 10.00 Å². The van der Waals surface area contributed by atoms with Crippen LogP contribution in [0.4, 0.5) is 11.6 Å². The Morgan fingerprint density at radius 2 is 1.82 bits per heavy atom. The van der Waals surface area contributed by atoms with Crippen LogP contribution in [0.5, 0.6) is 0 Å². The average molecular weight is 550 g/mol. The fourth-order valence-corrected chi connectivity index (χ4v) is 5.49. The number of carbonyl (C=O) groups is 2. The molecule has 39 heavy (non-hydrogen) atoms. The van der Waals surface area contributed by atoms with Gasteiger partial charge in [-0.2, -0.15) is 9.57 Å². The number of rotatable bonds is 8. The Hall–Kier alpha value is -4.41. The lowest BCUT2D eigenvalue weighted by molar-refractivity contribution is -0.142. The molecular formula is C26H27N7O5S. The Kier molecular flexibility index (Phi) is 8.48. The number of nitriles is 1. The summed E-state index contributed by atoms with van der Waals surface area (Å²) in [6.45, 7) is 4.90. The van der Waals surface area contributed by atoms with Crippen molar-refractivity contribution in [3.05, 3.63) is 71.3 Å². The van der Waals surface area contributed by atoms with Gasteiger partial charge < -0.3 is 15.0 Å². The molecule has 1 fully saturated rings. The summed E-state index contributed by atoms with van der Waals surface area (Å²) in [5.41, 5.74) is 1.82. The third kappa shape index (κ3) is 6.54. The van der Waals surface area contributed by atoms with Crippen LogP contribution in [0.25, 0.3) is 0 Å². The molecule has 1 aromatic carbocycles. The van der Waals surface area contributed by atoms with E-state index in [1.54, 1.807) is 32.0 Å². The number of carbonyl (C=O) groups excluding carboxylic acids is 2. The zero-order valence-corrected chi connectivity index (χ0v) is 22.3. The molecule has 0 unspecified atom stereocenters. The summed E-state index contributed by atoms with van der Waals surface area (Å²) < 4.78 is 32.8. The molecule has 3 heterocycles. The number of amides is 1. The van der Waals surface area contributed by atoms with Crippen molar-refractivity contribution in [2.45, 2.75) is 25.2 Å². The maximum Gasteiger partial charge on any atom is 0.311 e. The summed E-state index contributed by atoms with van der Waals surface area (Å²) >= 11 is 0. The van der Waals surface area contributed by atoms with Crippen LogP contribution < -0.4 is 10.2 Å². The molecule has 3 aromatic rings. The quantitative estimate of drug-likeness (QED) is 0.411. The van der Waals surface area contributed by atoms with Crippen LogP contribution in [0.3, 0.4) is 0 Å². The van der Waals surface area contributed by atoms with Gasteiger partial charge in [-0.25, -0.2) is 18.4 Å². The highest BCUT2D eigenvalue weighted by Gasteiger charge is 2.29. The second kappa shape index (κ2) is 12.0. The van der Waals surface area contributed by atoms with Gasteiger partial charge in [0.15, 0.2) is 0 Å². The van der Waals surface area contributed by atoms with Gasteiger partial charge in [0.2, 0.25) is 16.0 Å². The van der Waals surface area contributed by atoms with Crippen molar-refractivity contribution >= 4 is 33.5 Å². The number of hydrogen-bond donors (Lipinski definition) is 1. The lowest BCUT2D eigenvalue weighted by atomic mass is 10.1. The van der Waals surface area contributed by atoms with Crippen molar-refractivity contribution in [1.82, 2.24) is 19.3 Å². The molecule has 0 bridgehead atoms. The van der Waals surface area contributed by atoms with Gasteiger partial charge in [-0.1, -0.05) is 0 Å². The summed E-state index contributed by atoms with van der Waals surface area (Å²) in [6, 6.07) is 12.6. The summed E-state index contributed by atoms with van der Waals surface area (Å²) in [5, 5.41) is 11.9. The molecule has 1 N–H and O–H groups in total. The molecule has 1 amide bonds. The Bertz CT molecular complexity index is 1510. The van der Waals surface area contributed by atoms with Gasteiger partial charge in [0.05, 0.1) is 29.2 Å². The zero-order valence-electron chi connectivity index (χ0n) is 21.5. The highest BCUT2D eigenvalue weighted by Crippen LogP contribution is 2.22. The summed E-state index contributed by atoms with van der Waals surface area (Å²) in [6.07, 6.45) is 1.35. The lowest BCUT2D eigenvalue weighted by Crippen LogP contribution is -2.49. The molecule has 2 aromatic heterocycles. The number of benzene rings is 1. The molecule has 4 rings (SSSR count). The maximum atomic E-state index is 13.2. The zero-order chi connectivity index (χ0) is 28.0. The van der Waals surface area contributed by atoms with E-state index in [1.165, 1.54) is 34.8 Å². The Morgan fingerprint density at radius 1 is 1.10 bits per heavy atom. The van der Waals surface area contributed by atoms with E-state index in [2.05, 4.69) is 20.3 Å². The Labute approximate surface area is 226 Å².